The maximum atomic E-state index is 2.70. The van der Waals surface area contributed by atoms with Gasteiger partial charge in [0.2, 0.25) is 0 Å². The van der Waals surface area contributed by atoms with Crippen molar-refractivity contribution in [1.82, 2.24) is 0 Å². The highest BCUT2D eigenvalue weighted by atomic mass is 15.1. The van der Waals surface area contributed by atoms with Gasteiger partial charge in [-0.3, -0.25) is 0 Å². The summed E-state index contributed by atoms with van der Waals surface area (Å²) in [6.45, 7) is 7.03. The molecular formula is C52H93N2+. The van der Waals surface area contributed by atoms with Gasteiger partial charge in [0.05, 0.1) is 0 Å². The molecule has 2 aromatic rings. The third-order valence-electron chi connectivity index (χ3n) is 12.1. The molecule has 2 rings (SSSR count). The number of aromatic nitrogens is 1. The van der Waals surface area contributed by atoms with Crippen LogP contribution in [0.1, 0.15) is 245 Å². The van der Waals surface area contributed by atoms with E-state index >= 15 is 0 Å². The monoisotopic (exact) mass is 746 g/mol. The zero-order chi connectivity index (χ0) is 38.4. The number of hydrogen-bond acceptors (Lipinski definition) is 1. The van der Waals surface area contributed by atoms with Crippen LogP contribution in [0.3, 0.4) is 0 Å². The van der Waals surface area contributed by atoms with E-state index in [0.29, 0.717) is 0 Å². The first kappa shape index (κ1) is 48.3. The zero-order valence-corrected chi connectivity index (χ0v) is 36.9. The number of rotatable bonds is 40. The molecule has 0 bridgehead atoms. The van der Waals surface area contributed by atoms with Crippen LogP contribution in [0.25, 0.3) is 11.1 Å². The molecule has 0 saturated carbocycles. The van der Waals surface area contributed by atoms with Gasteiger partial charge in [-0.25, -0.2) is 4.57 Å². The molecule has 0 spiro atoms. The van der Waals surface area contributed by atoms with Gasteiger partial charge >= 0.3 is 0 Å². The molecule has 2 nitrogen and oxygen atoms in total. The molecule has 0 N–H and O–H groups in total. The second kappa shape index (κ2) is 36.8. The van der Waals surface area contributed by atoms with Gasteiger partial charge in [0.15, 0.2) is 12.4 Å². The van der Waals surface area contributed by atoms with Crippen LogP contribution in [0.4, 0.5) is 5.69 Å². The van der Waals surface area contributed by atoms with E-state index in [1.165, 1.54) is 261 Å². The first-order valence-corrected chi connectivity index (χ1v) is 24.5. The van der Waals surface area contributed by atoms with Crippen molar-refractivity contribution in [3.63, 3.8) is 0 Å². The van der Waals surface area contributed by atoms with Crippen LogP contribution in [-0.4, -0.2) is 13.1 Å². The van der Waals surface area contributed by atoms with Crippen LogP contribution in [0, 0.1) is 0 Å². The fourth-order valence-electron chi connectivity index (χ4n) is 8.34. The minimum Gasteiger partial charge on any atom is -0.372 e. The molecule has 2 heteroatoms. The van der Waals surface area contributed by atoms with Gasteiger partial charge in [0.25, 0.3) is 0 Å². The average Bonchev–Trinajstić information content (AvgIpc) is 3.19. The number of hydrogen-bond donors (Lipinski definition) is 0. The first-order valence-electron chi connectivity index (χ1n) is 24.5. The fourth-order valence-corrected chi connectivity index (χ4v) is 8.34. The summed E-state index contributed by atoms with van der Waals surface area (Å²) in [5, 5.41) is 0. The van der Waals surface area contributed by atoms with E-state index in [1.54, 1.807) is 0 Å². The molecule has 1 aromatic heterocycles. The van der Waals surface area contributed by atoms with Crippen LogP contribution in [0.15, 0.2) is 48.8 Å². The van der Waals surface area contributed by atoms with Crippen LogP contribution >= 0.6 is 0 Å². The summed E-state index contributed by atoms with van der Waals surface area (Å²) in [6.07, 6.45) is 56.1. The van der Waals surface area contributed by atoms with Gasteiger partial charge in [-0.1, -0.05) is 244 Å². The van der Waals surface area contributed by atoms with Gasteiger partial charge in [-0.2, -0.15) is 0 Å². The lowest BCUT2D eigenvalue weighted by Gasteiger charge is -2.25. The van der Waals surface area contributed by atoms with E-state index in [-0.39, 0.29) is 0 Å². The van der Waals surface area contributed by atoms with Crippen molar-refractivity contribution in [2.45, 2.75) is 245 Å². The molecule has 0 aliphatic rings. The summed E-state index contributed by atoms with van der Waals surface area (Å²) < 4.78 is 2.11. The highest BCUT2D eigenvalue weighted by molar-refractivity contribution is 5.65. The quantitative estimate of drug-likeness (QED) is 0.0487. The Morgan fingerprint density at radius 1 is 0.315 bits per heavy atom. The Balaban J connectivity index is 1.54. The van der Waals surface area contributed by atoms with E-state index in [4.69, 9.17) is 0 Å². The molecule has 1 heterocycles. The van der Waals surface area contributed by atoms with Crippen molar-refractivity contribution >= 4 is 5.69 Å². The molecule has 0 aliphatic heterocycles. The zero-order valence-electron chi connectivity index (χ0n) is 36.9. The van der Waals surface area contributed by atoms with Gasteiger partial charge in [0, 0.05) is 30.9 Å². The van der Waals surface area contributed by atoms with Gasteiger partial charge < -0.3 is 4.90 Å². The number of aryl methyl sites for hydroxylation is 1. The summed E-state index contributed by atoms with van der Waals surface area (Å²) in [4.78, 5) is 2.70. The highest BCUT2D eigenvalue weighted by Crippen LogP contribution is 2.24. The summed E-state index contributed by atoms with van der Waals surface area (Å²) in [5.74, 6) is 0. The Morgan fingerprint density at radius 3 is 0.833 bits per heavy atom. The lowest BCUT2D eigenvalue weighted by Crippen LogP contribution is -2.26. The lowest BCUT2D eigenvalue weighted by molar-refractivity contribution is -0.671. The van der Waals surface area contributed by atoms with Crippen LogP contribution in [-0.2, 0) is 7.05 Å². The molecule has 0 saturated heterocycles. The largest absolute Gasteiger partial charge is 0.372 e. The third kappa shape index (κ3) is 27.7. The Kier molecular flexibility index (Phi) is 32.9. The predicted molar refractivity (Wildman–Crippen MR) is 243 cm³/mol. The van der Waals surface area contributed by atoms with Gasteiger partial charge in [0.1, 0.15) is 7.05 Å². The first-order chi connectivity index (χ1) is 26.7. The lowest BCUT2D eigenvalue weighted by atomic mass is 10.0. The molecule has 0 fully saturated rings. The van der Waals surface area contributed by atoms with Gasteiger partial charge in [-0.15, -0.1) is 0 Å². The molecule has 54 heavy (non-hydrogen) atoms. The standard InChI is InChI=1S/C52H93N2/c1-4-6-8-10-12-14-16-18-20-22-24-26-28-30-32-34-36-38-46-54(52-42-40-50(41-43-52)51-44-48-53(3)49-45-51)47-39-37-35-33-31-29-27-25-23-21-19-17-15-13-11-9-7-5-2/h40-45,48-49H,4-39,46-47H2,1-3H3/q+1. The number of pyridine rings is 1. The topological polar surface area (TPSA) is 7.12 Å². The van der Waals surface area contributed by atoms with Crippen molar-refractivity contribution in [3.05, 3.63) is 48.8 Å². The maximum absolute atomic E-state index is 2.70. The van der Waals surface area contributed by atoms with Crippen molar-refractivity contribution in [2.75, 3.05) is 18.0 Å². The molecule has 0 unspecified atom stereocenters. The molecule has 0 atom stereocenters. The summed E-state index contributed by atoms with van der Waals surface area (Å²) >= 11 is 0. The SMILES string of the molecule is CCCCCCCCCCCCCCCCCCCCN(CCCCCCCCCCCCCCCCCCCC)c1ccc(-c2cc[n+](C)cc2)cc1. The molecule has 310 valence electrons. The van der Waals surface area contributed by atoms with Gasteiger partial charge in [-0.05, 0) is 36.1 Å². The minimum atomic E-state index is 1.21. The Hall–Kier alpha value is -1.83. The predicted octanol–water partition coefficient (Wildman–Crippen LogP) is 17.1. The van der Waals surface area contributed by atoms with E-state index in [1.807, 2.05) is 0 Å². The van der Waals surface area contributed by atoms with Crippen molar-refractivity contribution in [1.29, 1.82) is 0 Å². The molecule has 0 aliphatic carbocycles. The molecular weight excluding hydrogens is 653 g/mol. The molecule has 0 amide bonds. The Morgan fingerprint density at radius 2 is 0.556 bits per heavy atom. The Labute approximate surface area is 339 Å². The average molecular weight is 746 g/mol. The normalized spacial score (nSPS) is 11.5. The number of benzene rings is 1. The third-order valence-corrected chi connectivity index (χ3v) is 12.1. The summed E-state index contributed by atoms with van der Waals surface area (Å²) in [7, 11) is 2.09. The van der Waals surface area contributed by atoms with E-state index in [9.17, 15) is 0 Å². The second-order valence-electron chi connectivity index (χ2n) is 17.3. The molecule has 0 radical (unpaired) electrons. The summed E-state index contributed by atoms with van der Waals surface area (Å²) in [6, 6.07) is 13.9. The van der Waals surface area contributed by atoms with Crippen LogP contribution < -0.4 is 9.47 Å². The van der Waals surface area contributed by atoms with Crippen LogP contribution in [0.2, 0.25) is 0 Å². The molecule has 1 aromatic carbocycles. The van der Waals surface area contributed by atoms with E-state index in [0.717, 1.165) is 0 Å². The number of unbranched alkanes of at least 4 members (excludes halogenated alkanes) is 34. The number of anilines is 1. The number of nitrogens with zero attached hydrogens (tertiary/aromatic N) is 2. The Bertz CT molecular complexity index is 987. The smallest absolute Gasteiger partial charge is 0.169 e. The van der Waals surface area contributed by atoms with Crippen molar-refractivity contribution in [2.24, 2.45) is 7.05 Å². The fraction of sp³-hybridized carbons (Fsp3) is 0.788. The second-order valence-corrected chi connectivity index (χ2v) is 17.3. The highest BCUT2D eigenvalue weighted by Gasteiger charge is 2.08. The van der Waals surface area contributed by atoms with Crippen molar-refractivity contribution in [3.8, 4) is 11.1 Å². The minimum absolute atomic E-state index is 1.21. The summed E-state index contributed by atoms with van der Waals surface area (Å²) in [5.41, 5.74) is 4.04. The van der Waals surface area contributed by atoms with Crippen molar-refractivity contribution < 1.29 is 4.57 Å². The maximum Gasteiger partial charge on any atom is 0.169 e. The van der Waals surface area contributed by atoms with E-state index in [2.05, 4.69) is 79.2 Å². The van der Waals surface area contributed by atoms with E-state index < -0.39 is 0 Å². The van der Waals surface area contributed by atoms with Crippen LogP contribution in [0.5, 0.6) is 0 Å².